The zero-order chi connectivity index (χ0) is 15.8. The fraction of sp³-hybridized carbons (Fsp3) is 0.400. The third-order valence-corrected chi connectivity index (χ3v) is 5.06. The molecule has 0 aliphatic heterocycles. The first kappa shape index (κ1) is 16.4. The first-order valence-corrected chi connectivity index (χ1v) is 8.22. The minimum absolute atomic E-state index is 0.185. The van der Waals surface area contributed by atoms with Crippen LogP contribution in [0.5, 0.6) is 0 Å². The summed E-state index contributed by atoms with van der Waals surface area (Å²) in [4.78, 5) is 15.0. The molecule has 2 N–H and O–H groups in total. The zero-order valence-electron chi connectivity index (χ0n) is 12.5. The normalized spacial score (nSPS) is 15.1. The third-order valence-electron chi connectivity index (χ3n) is 3.14. The summed E-state index contributed by atoms with van der Waals surface area (Å²) in [7, 11) is 0. The second-order valence-corrected chi connectivity index (χ2v) is 8.44. The van der Waals surface area contributed by atoms with E-state index in [1.807, 2.05) is 27.7 Å². The van der Waals surface area contributed by atoms with Crippen molar-refractivity contribution in [2.75, 3.05) is 0 Å². The van der Waals surface area contributed by atoms with Gasteiger partial charge in [-0.3, -0.25) is 4.79 Å². The summed E-state index contributed by atoms with van der Waals surface area (Å²) >= 11 is 4.74. The number of rotatable bonds is 3. The maximum absolute atomic E-state index is 12.2. The van der Waals surface area contributed by atoms with Crippen LogP contribution >= 0.6 is 11.6 Å². The number of halogens is 1. The van der Waals surface area contributed by atoms with Gasteiger partial charge in [0.15, 0.2) is 0 Å². The lowest BCUT2D eigenvalue weighted by molar-refractivity contribution is 0.530. The minimum Gasteiger partial charge on any atom is -0.598 e. The summed E-state index contributed by atoms with van der Waals surface area (Å²) in [5.41, 5.74) is 1.09. The number of hydrogen-bond donors (Lipinski definition) is 2. The van der Waals surface area contributed by atoms with Gasteiger partial charge in [0.1, 0.15) is 4.75 Å². The number of pyridine rings is 1. The molecule has 1 heterocycles. The van der Waals surface area contributed by atoms with E-state index >= 15 is 0 Å². The topological polar surface area (TPSA) is 67.9 Å². The van der Waals surface area contributed by atoms with E-state index in [1.54, 1.807) is 24.3 Å². The predicted octanol–water partition coefficient (Wildman–Crippen LogP) is 3.29. The molecule has 2 rings (SSSR count). The van der Waals surface area contributed by atoms with Crippen LogP contribution < -0.4 is 10.3 Å². The molecule has 0 aliphatic rings. The van der Waals surface area contributed by atoms with Crippen molar-refractivity contribution in [1.29, 1.82) is 0 Å². The number of nitrogens with one attached hydrogen (secondary N) is 2. The molecule has 0 bridgehead atoms. The van der Waals surface area contributed by atoms with E-state index < -0.39 is 11.4 Å². The Hall–Kier alpha value is -1.01. The lowest BCUT2D eigenvalue weighted by atomic mass is 10.1. The average molecular weight is 327 g/mol. The standard InChI is InChI=1S/C15H19ClN2O2S/c1-9(18-21(20)15(2,3)4)12-8-10-7-11(16)5-6-13(10)17-14(12)19/h5-9,18H,1-4H3,(H,17,19)/t9-,21-/m0/s1. The zero-order valence-corrected chi connectivity index (χ0v) is 14.1. The van der Waals surface area contributed by atoms with E-state index in [9.17, 15) is 9.35 Å². The molecule has 0 spiro atoms. The quantitative estimate of drug-likeness (QED) is 0.850. The van der Waals surface area contributed by atoms with E-state index in [4.69, 9.17) is 11.6 Å². The van der Waals surface area contributed by atoms with Crippen molar-refractivity contribution in [2.24, 2.45) is 0 Å². The second-order valence-electron chi connectivity index (χ2n) is 6.01. The molecule has 2 atom stereocenters. The molecule has 0 radical (unpaired) electrons. The van der Waals surface area contributed by atoms with Crippen molar-refractivity contribution in [2.45, 2.75) is 38.5 Å². The van der Waals surface area contributed by atoms with Crippen LogP contribution in [0.3, 0.4) is 0 Å². The first-order chi connectivity index (χ1) is 9.68. The number of benzene rings is 1. The molecule has 0 fully saturated rings. The Morgan fingerprint density at radius 1 is 1.33 bits per heavy atom. The van der Waals surface area contributed by atoms with Crippen LogP contribution in [0, 0.1) is 0 Å². The number of hydrogen-bond acceptors (Lipinski definition) is 3. The van der Waals surface area contributed by atoms with Crippen LogP contribution in [0.2, 0.25) is 5.02 Å². The van der Waals surface area contributed by atoms with Gasteiger partial charge in [0.2, 0.25) is 0 Å². The second kappa shape index (κ2) is 6.01. The van der Waals surface area contributed by atoms with E-state index in [-0.39, 0.29) is 16.3 Å². The van der Waals surface area contributed by atoms with Crippen molar-refractivity contribution in [3.63, 3.8) is 0 Å². The highest BCUT2D eigenvalue weighted by Gasteiger charge is 2.29. The van der Waals surface area contributed by atoms with E-state index in [0.29, 0.717) is 10.6 Å². The van der Waals surface area contributed by atoms with Crippen LogP contribution in [0.1, 0.15) is 39.3 Å². The predicted molar refractivity (Wildman–Crippen MR) is 89.0 cm³/mol. The summed E-state index contributed by atoms with van der Waals surface area (Å²) < 4.78 is 14.7. The largest absolute Gasteiger partial charge is 0.598 e. The summed E-state index contributed by atoms with van der Waals surface area (Å²) in [6.07, 6.45) is 0. The van der Waals surface area contributed by atoms with Gasteiger partial charge in [-0.15, -0.1) is 4.72 Å². The average Bonchev–Trinajstić information content (AvgIpc) is 2.37. The van der Waals surface area contributed by atoms with Crippen LogP contribution in [0.4, 0.5) is 0 Å². The molecule has 0 unspecified atom stereocenters. The first-order valence-electron chi connectivity index (χ1n) is 6.69. The summed E-state index contributed by atoms with van der Waals surface area (Å²) in [6.45, 7) is 7.47. The molecular formula is C15H19ClN2O2S. The fourth-order valence-corrected chi connectivity index (χ4v) is 2.90. The van der Waals surface area contributed by atoms with Gasteiger partial charge in [-0.25, -0.2) is 0 Å². The van der Waals surface area contributed by atoms with Crippen LogP contribution in [0.25, 0.3) is 10.9 Å². The van der Waals surface area contributed by atoms with Crippen molar-refractivity contribution < 1.29 is 4.55 Å². The maximum Gasteiger partial charge on any atom is 0.253 e. The molecular weight excluding hydrogens is 308 g/mol. The Balaban J connectivity index is 2.37. The van der Waals surface area contributed by atoms with Crippen LogP contribution in [-0.2, 0) is 11.4 Å². The Morgan fingerprint density at radius 2 is 2.00 bits per heavy atom. The Morgan fingerprint density at radius 3 is 2.62 bits per heavy atom. The van der Waals surface area contributed by atoms with Crippen molar-refractivity contribution in [3.05, 3.63) is 45.2 Å². The van der Waals surface area contributed by atoms with Crippen molar-refractivity contribution in [1.82, 2.24) is 9.71 Å². The molecule has 1 aromatic carbocycles. The summed E-state index contributed by atoms with van der Waals surface area (Å²) in [5.74, 6) is 0. The molecule has 4 nitrogen and oxygen atoms in total. The number of fused-ring (bicyclic) bond motifs is 1. The van der Waals surface area contributed by atoms with Gasteiger partial charge in [-0.1, -0.05) is 11.6 Å². The summed E-state index contributed by atoms with van der Waals surface area (Å²) in [5, 5.41) is 1.46. The highest BCUT2D eigenvalue weighted by Crippen LogP contribution is 2.21. The van der Waals surface area contributed by atoms with Gasteiger partial charge >= 0.3 is 0 Å². The van der Waals surface area contributed by atoms with Crippen LogP contribution in [0.15, 0.2) is 29.1 Å². The Labute approximate surface area is 132 Å². The van der Waals surface area contributed by atoms with Crippen molar-refractivity contribution in [3.8, 4) is 0 Å². The molecule has 0 saturated heterocycles. The number of H-pyrrole nitrogens is 1. The van der Waals surface area contributed by atoms with Gasteiger partial charge in [0, 0.05) is 32.9 Å². The highest BCUT2D eigenvalue weighted by atomic mass is 35.5. The molecule has 0 saturated carbocycles. The Bertz CT molecular complexity index is 709. The van der Waals surface area contributed by atoms with Gasteiger partial charge in [0.25, 0.3) is 5.56 Å². The van der Waals surface area contributed by atoms with E-state index in [1.165, 1.54) is 0 Å². The third kappa shape index (κ3) is 3.80. The maximum atomic E-state index is 12.2. The monoisotopic (exact) mass is 326 g/mol. The molecule has 2 aromatic rings. The fourth-order valence-electron chi connectivity index (χ4n) is 1.92. The number of aromatic nitrogens is 1. The molecule has 1 aromatic heterocycles. The van der Waals surface area contributed by atoms with Crippen molar-refractivity contribution >= 4 is 33.9 Å². The van der Waals surface area contributed by atoms with Gasteiger partial charge in [-0.2, -0.15) is 0 Å². The van der Waals surface area contributed by atoms with E-state index in [2.05, 4.69) is 9.71 Å². The lowest BCUT2D eigenvalue weighted by Crippen LogP contribution is -2.41. The SMILES string of the molecule is C[C@H](N[S@@+]([O-])C(C)(C)C)c1cc2cc(Cl)ccc2[nH]c1=O. The Kier molecular flexibility index (Phi) is 4.68. The van der Waals surface area contributed by atoms with Crippen LogP contribution in [-0.4, -0.2) is 14.3 Å². The molecule has 6 heteroatoms. The van der Waals surface area contributed by atoms with Gasteiger partial charge in [-0.05, 0) is 52.0 Å². The molecule has 0 aliphatic carbocycles. The molecule has 21 heavy (non-hydrogen) atoms. The smallest absolute Gasteiger partial charge is 0.253 e. The minimum atomic E-state index is -1.24. The van der Waals surface area contributed by atoms with E-state index in [0.717, 1.165) is 10.9 Å². The lowest BCUT2D eigenvalue weighted by Gasteiger charge is -2.26. The van der Waals surface area contributed by atoms with Gasteiger partial charge in [0.05, 0.1) is 6.04 Å². The van der Waals surface area contributed by atoms with Gasteiger partial charge < -0.3 is 9.54 Å². The summed E-state index contributed by atoms with van der Waals surface area (Å²) in [6, 6.07) is 6.77. The molecule has 0 amide bonds. The number of aromatic amines is 1. The highest BCUT2D eigenvalue weighted by molar-refractivity contribution is 7.90. The molecule has 114 valence electrons.